The monoisotopic (exact) mass is 352 g/mol. The second-order valence-corrected chi connectivity index (χ2v) is 7.34. The lowest BCUT2D eigenvalue weighted by molar-refractivity contribution is 0.0717. The van der Waals surface area contributed by atoms with E-state index >= 15 is 0 Å². The van der Waals surface area contributed by atoms with Crippen LogP contribution >= 0.6 is 0 Å². The summed E-state index contributed by atoms with van der Waals surface area (Å²) in [7, 11) is 1.88. The summed E-state index contributed by atoms with van der Waals surface area (Å²) in [5.41, 5.74) is 1.74. The Morgan fingerprint density at radius 1 is 1.12 bits per heavy atom. The van der Waals surface area contributed by atoms with Crippen LogP contribution in [-0.4, -0.2) is 38.2 Å². The highest BCUT2D eigenvalue weighted by Crippen LogP contribution is 2.29. The lowest BCUT2D eigenvalue weighted by atomic mass is 10.1. The maximum Gasteiger partial charge on any atom is 0.291 e. The molecule has 1 aromatic carbocycles. The number of likely N-dealkylation sites (tertiary alicyclic amines) is 1. The summed E-state index contributed by atoms with van der Waals surface area (Å²) in [4.78, 5) is 28.2. The molecule has 1 fully saturated rings. The molecule has 0 bridgehead atoms. The van der Waals surface area contributed by atoms with Gasteiger partial charge in [-0.15, -0.1) is 0 Å². The zero-order valence-corrected chi connectivity index (χ0v) is 15.5. The molecule has 4 rings (SSSR count). The Morgan fingerprint density at radius 2 is 1.81 bits per heavy atom. The second-order valence-electron chi connectivity index (χ2n) is 7.34. The van der Waals surface area contributed by atoms with E-state index in [4.69, 9.17) is 0 Å². The molecule has 6 nitrogen and oxygen atoms in total. The quantitative estimate of drug-likeness (QED) is 0.712. The van der Waals surface area contributed by atoms with Crippen molar-refractivity contribution in [3.05, 3.63) is 40.3 Å². The van der Waals surface area contributed by atoms with Crippen molar-refractivity contribution in [3.63, 3.8) is 0 Å². The van der Waals surface area contributed by atoms with E-state index in [1.54, 1.807) is 0 Å². The van der Waals surface area contributed by atoms with Gasteiger partial charge in [0.05, 0.1) is 6.04 Å². The van der Waals surface area contributed by atoms with Gasteiger partial charge in [0, 0.05) is 36.4 Å². The topological polar surface area (TPSA) is 60.1 Å². The maximum absolute atomic E-state index is 13.3. The van der Waals surface area contributed by atoms with E-state index in [1.807, 2.05) is 54.6 Å². The molecule has 0 N–H and O–H groups in total. The third-order valence-corrected chi connectivity index (χ3v) is 5.30. The van der Waals surface area contributed by atoms with Crippen molar-refractivity contribution in [1.29, 1.82) is 0 Å². The van der Waals surface area contributed by atoms with E-state index in [0.29, 0.717) is 16.6 Å². The molecule has 1 aliphatic heterocycles. The van der Waals surface area contributed by atoms with Gasteiger partial charge in [0.2, 0.25) is 0 Å². The molecular weight excluding hydrogens is 328 g/mol. The lowest BCUT2D eigenvalue weighted by Crippen LogP contribution is -2.38. The van der Waals surface area contributed by atoms with Crippen LogP contribution in [0.5, 0.6) is 0 Å². The van der Waals surface area contributed by atoms with Crippen molar-refractivity contribution in [2.24, 2.45) is 7.05 Å². The number of hydrogen-bond donors (Lipinski definition) is 0. The average molecular weight is 352 g/mol. The van der Waals surface area contributed by atoms with E-state index < -0.39 is 0 Å². The van der Waals surface area contributed by atoms with E-state index in [-0.39, 0.29) is 17.5 Å². The summed E-state index contributed by atoms with van der Waals surface area (Å²) in [5.74, 6) is -0.0690. The van der Waals surface area contributed by atoms with Crippen molar-refractivity contribution in [3.8, 4) is 0 Å². The Labute approximate surface area is 152 Å². The van der Waals surface area contributed by atoms with Crippen molar-refractivity contribution >= 4 is 27.7 Å². The average Bonchev–Trinajstić information content (AvgIpc) is 2.96. The van der Waals surface area contributed by atoms with Crippen molar-refractivity contribution in [1.82, 2.24) is 19.2 Å². The second kappa shape index (κ2) is 6.27. The van der Waals surface area contributed by atoms with Crippen LogP contribution in [0, 0.1) is 0 Å². The molecule has 0 atom stereocenters. The van der Waals surface area contributed by atoms with Crippen LogP contribution in [-0.2, 0) is 7.05 Å². The summed E-state index contributed by atoms with van der Waals surface area (Å²) in [6, 6.07) is 7.71. The molecule has 1 amide bonds. The van der Waals surface area contributed by atoms with Crippen LogP contribution in [0.2, 0.25) is 0 Å². The molecule has 0 aliphatic carbocycles. The van der Waals surface area contributed by atoms with Crippen LogP contribution in [0.3, 0.4) is 0 Å². The largest absolute Gasteiger partial charge is 0.339 e. The van der Waals surface area contributed by atoms with Crippen LogP contribution in [0.15, 0.2) is 29.1 Å². The van der Waals surface area contributed by atoms with Crippen LogP contribution in [0.25, 0.3) is 21.8 Å². The summed E-state index contributed by atoms with van der Waals surface area (Å²) in [6.07, 6.45) is 3.20. The molecule has 0 spiro atoms. The van der Waals surface area contributed by atoms with E-state index in [0.717, 1.165) is 43.3 Å². The number of piperidine rings is 1. The Bertz CT molecular complexity index is 1060. The highest BCUT2D eigenvalue weighted by atomic mass is 16.2. The number of aryl methyl sites for hydroxylation is 1. The molecular formula is C20H24N4O2. The number of fused-ring (bicyclic) bond motifs is 3. The first-order valence-corrected chi connectivity index (χ1v) is 9.30. The van der Waals surface area contributed by atoms with Gasteiger partial charge in [-0.05, 0) is 39.2 Å². The van der Waals surface area contributed by atoms with E-state index in [9.17, 15) is 9.59 Å². The summed E-state index contributed by atoms with van der Waals surface area (Å²) >= 11 is 0. The first-order valence-electron chi connectivity index (χ1n) is 9.30. The minimum Gasteiger partial charge on any atom is -0.339 e. The van der Waals surface area contributed by atoms with Gasteiger partial charge in [-0.25, -0.2) is 4.68 Å². The SMILES string of the molecule is CC(C)n1nc(C(=O)N2CCCCC2)c2c3ccccc3n(C)c2c1=O. The molecule has 0 radical (unpaired) electrons. The smallest absolute Gasteiger partial charge is 0.291 e. The third kappa shape index (κ3) is 2.43. The number of aromatic nitrogens is 3. The lowest BCUT2D eigenvalue weighted by Gasteiger charge is -2.26. The number of nitrogens with zero attached hydrogens (tertiary/aromatic N) is 4. The Balaban J connectivity index is 2.07. The van der Waals surface area contributed by atoms with Crippen molar-refractivity contribution in [2.75, 3.05) is 13.1 Å². The Morgan fingerprint density at radius 3 is 2.50 bits per heavy atom. The van der Waals surface area contributed by atoms with Gasteiger partial charge in [0.1, 0.15) is 5.52 Å². The van der Waals surface area contributed by atoms with Gasteiger partial charge >= 0.3 is 0 Å². The summed E-state index contributed by atoms with van der Waals surface area (Å²) < 4.78 is 3.33. The molecule has 26 heavy (non-hydrogen) atoms. The molecule has 1 saturated heterocycles. The maximum atomic E-state index is 13.3. The zero-order chi connectivity index (χ0) is 18.4. The summed E-state index contributed by atoms with van der Waals surface area (Å²) in [5, 5.41) is 6.13. The number of carbonyl (C=O) groups excluding carboxylic acids is 1. The van der Waals surface area contributed by atoms with Gasteiger partial charge in [-0.3, -0.25) is 9.59 Å². The number of rotatable bonds is 2. The zero-order valence-electron chi connectivity index (χ0n) is 15.5. The summed E-state index contributed by atoms with van der Waals surface area (Å²) in [6.45, 7) is 5.34. The first kappa shape index (κ1) is 16.8. The van der Waals surface area contributed by atoms with Gasteiger partial charge in [0.15, 0.2) is 5.69 Å². The number of para-hydroxylation sites is 1. The molecule has 136 valence electrons. The van der Waals surface area contributed by atoms with E-state index in [2.05, 4.69) is 5.10 Å². The molecule has 0 unspecified atom stereocenters. The fraction of sp³-hybridized carbons (Fsp3) is 0.450. The predicted molar refractivity (Wildman–Crippen MR) is 103 cm³/mol. The van der Waals surface area contributed by atoms with Crippen LogP contribution in [0.4, 0.5) is 0 Å². The highest BCUT2D eigenvalue weighted by molar-refractivity contribution is 6.16. The molecule has 2 aromatic heterocycles. The van der Waals surface area contributed by atoms with Crippen molar-refractivity contribution in [2.45, 2.75) is 39.2 Å². The Kier molecular flexibility index (Phi) is 4.05. The van der Waals surface area contributed by atoms with Gasteiger partial charge in [-0.2, -0.15) is 5.10 Å². The van der Waals surface area contributed by atoms with E-state index in [1.165, 1.54) is 4.68 Å². The van der Waals surface area contributed by atoms with Crippen LogP contribution < -0.4 is 5.56 Å². The molecule has 3 heterocycles. The first-order chi connectivity index (χ1) is 12.5. The number of hydrogen-bond acceptors (Lipinski definition) is 3. The molecule has 3 aromatic rings. The molecule has 6 heteroatoms. The fourth-order valence-electron chi connectivity index (χ4n) is 3.94. The number of carbonyl (C=O) groups is 1. The minimum atomic E-state index is -0.149. The van der Waals surface area contributed by atoms with Crippen LogP contribution in [0.1, 0.15) is 49.6 Å². The standard InChI is InChI=1S/C20H24N4O2/c1-13(2)24-20(26)18-16(14-9-5-6-10-15(14)22(18)3)17(21-24)19(25)23-11-7-4-8-12-23/h5-6,9-10,13H,4,7-8,11-12H2,1-3H3. The predicted octanol–water partition coefficient (Wildman–Crippen LogP) is 3.10. The molecule has 0 saturated carbocycles. The number of amides is 1. The highest BCUT2D eigenvalue weighted by Gasteiger charge is 2.27. The fourth-order valence-corrected chi connectivity index (χ4v) is 3.94. The third-order valence-electron chi connectivity index (χ3n) is 5.30. The normalized spacial score (nSPS) is 15.3. The number of benzene rings is 1. The van der Waals surface area contributed by atoms with Gasteiger partial charge in [-0.1, -0.05) is 18.2 Å². The van der Waals surface area contributed by atoms with Gasteiger partial charge in [0.25, 0.3) is 11.5 Å². The molecule has 1 aliphatic rings. The van der Waals surface area contributed by atoms with Gasteiger partial charge < -0.3 is 9.47 Å². The Hall–Kier alpha value is -2.63. The van der Waals surface area contributed by atoms with Crippen molar-refractivity contribution < 1.29 is 4.79 Å². The minimum absolute atomic E-state index is 0.0690.